The van der Waals surface area contributed by atoms with Crippen LogP contribution in [0.2, 0.25) is 0 Å². The normalized spacial score (nSPS) is 14.1. The van der Waals surface area contributed by atoms with Crippen molar-refractivity contribution < 1.29 is 14.7 Å². The Bertz CT molecular complexity index is 514. The van der Waals surface area contributed by atoms with Gasteiger partial charge >= 0.3 is 12.0 Å². The Kier molecular flexibility index (Phi) is 4.27. The highest BCUT2D eigenvalue weighted by atomic mass is 16.4. The van der Waals surface area contributed by atoms with Gasteiger partial charge in [-0.1, -0.05) is 24.3 Å². The van der Waals surface area contributed by atoms with Crippen molar-refractivity contribution in [3.63, 3.8) is 0 Å². The molecular weight excluding hydrogens is 256 g/mol. The molecule has 1 N–H and O–H groups in total. The van der Waals surface area contributed by atoms with Crippen molar-refractivity contribution in [1.29, 1.82) is 0 Å². The van der Waals surface area contributed by atoms with Crippen LogP contribution in [0.15, 0.2) is 24.3 Å². The average Bonchev–Trinajstić information content (AvgIpc) is 2.43. The molecule has 0 saturated heterocycles. The van der Waals surface area contributed by atoms with E-state index in [1.165, 1.54) is 10.5 Å². The lowest BCUT2D eigenvalue weighted by Crippen LogP contribution is -2.49. The predicted molar refractivity (Wildman–Crippen MR) is 75.4 cm³/mol. The minimum Gasteiger partial charge on any atom is -0.480 e. The SMILES string of the molecule is CC(C)N(CC(=O)O)C(=O)N1CCc2ccccc2C1. The van der Waals surface area contributed by atoms with E-state index in [2.05, 4.69) is 6.07 Å². The Morgan fingerprint density at radius 1 is 1.30 bits per heavy atom. The van der Waals surface area contributed by atoms with Crippen LogP contribution in [0.3, 0.4) is 0 Å². The first-order valence-corrected chi connectivity index (χ1v) is 6.83. The third kappa shape index (κ3) is 3.10. The number of aliphatic carboxylic acids is 1. The quantitative estimate of drug-likeness (QED) is 0.918. The van der Waals surface area contributed by atoms with Crippen LogP contribution in [-0.4, -0.2) is 46.0 Å². The van der Waals surface area contributed by atoms with Gasteiger partial charge in [-0.2, -0.15) is 0 Å². The molecule has 1 aliphatic rings. The summed E-state index contributed by atoms with van der Waals surface area (Å²) in [4.78, 5) is 26.5. The van der Waals surface area contributed by atoms with Gasteiger partial charge in [0.25, 0.3) is 0 Å². The van der Waals surface area contributed by atoms with E-state index in [-0.39, 0.29) is 18.6 Å². The maximum atomic E-state index is 12.5. The van der Waals surface area contributed by atoms with Gasteiger partial charge in [0, 0.05) is 19.1 Å². The molecule has 20 heavy (non-hydrogen) atoms. The number of benzene rings is 1. The van der Waals surface area contributed by atoms with Gasteiger partial charge in [0.15, 0.2) is 0 Å². The highest BCUT2D eigenvalue weighted by molar-refractivity contribution is 5.80. The van der Waals surface area contributed by atoms with Gasteiger partial charge in [0.1, 0.15) is 6.54 Å². The Balaban J connectivity index is 2.11. The van der Waals surface area contributed by atoms with Crippen LogP contribution in [-0.2, 0) is 17.8 Å². The summed E-state index contributed by atoms with van der Waals surface area (Å²) in [6.07, 6.45) is 0.820. The van der Waals surface area contributed by atoms with Gasteiger partial charge in [-0.05, 0) is 31.4 Å². The van der Waals surface area contributed by atoms with E-state index in [0.29, 0.717) is 13.1 Å². The molecule has 0 saturated carbocycles. The zero-order valence-corrected chi connectivity index (χ0v) is 11.9. The molecule has 1 heterocycles. The first-order valence-electron chi connectivity index (χ1n) is 6.83. The molecule has 0 spiro atoms. The van der Waals surface area contributed by atoms with Gasteiger partial charge in [-0.3, -0.25) is 4.79 Å². The number of hydrogen-bond donors (Lipinski definition) is 1. The number of carboxylic acids is 1. The molecule has 0 bridgehead atoms. The molecule has 5 heteroatoms. The smallest absolute Gasteiger partial charge is 0.323 e. The lowest BCUT2D eigenvalue weighted by Gasteiger charge is -2.35. The zero-order chi connectivity index (χ0) is 14.7. The van der Waals surface area contributed by atoms with Crippen LogP contribution >= 0.6 is 0 Å². The number of fused-ring (bicyclic) bond motifs is 1. The van der Waals surface area contributed by atoms with E-state index >= 15 is 0 Å². The highest BCUT2D eigenvalue weighted by Gasteiger charge is 2.27. The molecule has 0 unspecified atom stereocenters. The Morgan fingerprint density at radius 2 is 1.95 bits per heavy atom. The van der Waals surface area contributed by atoms with Gasteiger partial charge in [-0.25, -0.2) is 4.79 Å². The fourth-order valence-corrected chi connectivity index (χ4v) is 2.46. The zero-order valence-electron chi connectivity index (χ0n) is 11.9. The summed E-state index contributed by atoms with van der Waals surface area (Å²) < 4.78 is 0. The summed E-state index contributed by atoms with van der Waals surface area (Å²) in [6.45, 7) is 4.60. The summed E-state index contributed by atoms with van der Waals surface area (Å²) in [5, 5.41) is 8.93. The number of amides is 2. The van der Waals surface area contributed by atoms with E-state index in [4.69, 9.17) is 5.11 Å². The molecule has 0 fully saturated rings. The molecule has 1 aromatic rings. The first kappa shape index (κ1) is 14.4. The second kappa shape index (κ2) is 5.94. The summed E-state index contributed by atoms with van der Waals surface area (Å²) >= 11 is 0. The third-order valence-corrected chi connectivity index (χ3v) is 3.58. The molecule has 0 aromatic heterocycles. The number of urea groups is 1. The fraction of sp³-hybridized carbons (Fsp3) is 0.467. The summed E-state index contributed by atoms with van der Waals surface area (Å²) in [5.74, 6) is -0.982. The van der Waals surface area contributed by atoms with Crippen LogP contribution in [0.5, 0.6) is 0 Å². The number of carbonyl (C=O) groups is 2. The van der Waals surface area contributed by atoms with Crippen molar-refractivity contribution in [3.8, 4) is 0 Å². The molecule has 2 amide bonds. The minimum absolute atomic E-state index is 0.129. The van der Waals surface area contributed by atoms with Gasteiger partial charge < -0.3 is 14.9 Å². The monoisotopic (exact) mass is 276 g/mol. The molecule has 5 nitrogen and oxygen atoms in total. The van der Waals surface area contributed by atoms with Crippen LogP contribution in [0.4, 0.5) is 4.79 Å². The summed E-state index contributed by atoms with van der Waals surface area (Å²) in [5.41, 5.74) is 2.41. The van der Waals surface area contributed by atoms with Crippen molar-refractivity contribution in [2.45, 2.75) is 32.9 Å². The van der Waals surface area contributed by atoms with Crippen molar-refractivity contribution in [2.24, 2.45) is 0 Å². The molecular formula is C15H20N2O3. The topological polar surface area (TPSA) is 60.9 Å². The molecule has 0 aliphatic carbocycles. The van der Waals surface area contributed by atoms with Crippen molar-refractivity contribution in [2.75, 3.05) is 13.1 Å². The molecule has 108 valence electrons. The highest BCUT2D eigenvalue weighted by Crippen LogP contribution is 2.20. The van der Waals surface area contributed by atoms with Crippen LogP contribution in [0.1, 0.15) is 25.0 Å². The summed E-state index contributed by atoms with van der Waals surface area (Å²) in [7, 11) is 0. The molecule has 2 rings (SSSR count). The largest absolute Gasteiger partial charge is 0.480 e. The van der Waals surface area contributed by atoms with Gasteiger partial charge in [-0.15, -0.1) is 0 Å². The maximum Gasteiger partial charge on any atom is 0.323 e. The Labute approximate surface area is 118 Å². The standard InChI is InChI=1S/C15H20N2O3/c1-11(2)17(10-14(18)19)15(20)16-8-7-12-5-3-4-6-13(12)9-16/h3-6,11H,7-10H2,1-2H3,(H,18,19). The lowest BCUT2D eigenvalue weighted by atomic mass is 10.0. The summed E-state index contributed by atoms with van der Waals surface area (Å²) in [6, 6.07) is 7.74. The number of carbonyl (C=O) groups excluding carboxylic acids is 1. The van der Waals surface area contributed by atoms with E-state index in [0.717, 1.165) is 12.0 Å². The number of rotatable bonds is 3. The van der Waals surface area contributed by atoms with Crippen molar-refractivity contribution in [3.05, 3.63) is 35.4 Å². The number of nitrogens with zero attached hydrogens (tertiary/aromatic N) is 2. The molecule has 1 aromatic carbocycles. The van der Waals surface area contributed by atoms with Crippen LogP contribution in [0.25, 0.3) is 0 Å². The van der Waals surface area contributed by atoms with Gasteiger partial charge in [0.05, 0.1) is 0 Å². The fourth-order valence-electron chi connectivity index (χ4n) is 2.46. The van der Waals surface area contributed by atoms with E-state index in [9.17, 15) is 9.59 Å². The molecule has 0 atom stereocenters. The van der Waals surface area contributed by atoms with Gasteiger partial charge in [0.2, 0.25) is 0 Å². The molecule has 0 radical (unpaired) electrons. The molecule has 1 aliphatic heterocycles. The Hall–Kier alpha value is -2.04. The van der Waals surface area contributed by atoms with Crippen molar-refractivity contribution >= 4 is 12.0 Å². The second-order valence-corrected chi connectivity index (χ2v) is 5.34. The predicted octanol–water partition coefficient (Wildman–Crippen LogP) is 1.96. The first-order chi connectivity index (χ1) is 9.49. The van der Waals surface area contributed by atoms with Crippen LogP contribution in [0, 0.1) is 0 Å². The second-order valence-electron chi connectivity index (χ2n) is 5.34. The average molecular weight is 276 g/mol. The van der Waals surface area contributed by atoms with E-state index < -0.39 is 5.97 Å². The maximum absolute atomic E-state index is 12.5. The minimum atomic E-state index is -0.982. The number of carboxylic acid groups (broad SMARTS) is 1. The lowest BCUT2D eigenvalue weighted by molar-refractivity contribution is -0.138. The Morgan fingerprint density at radius 3 is 2.55 bits per heavy atom. The number of hydrogen-bond acceptors (Lipinski definition) is 2. The van der Waals surface area contributed by atoms with E-state index in [1.54, 1.807) is 4.90 Å². The van der Waals surface area contributed by atoms with Crippen molar-refractivity contribution in [1.82, 2.24) is 9.80 Å². The van der Waals surface area contributed by atoms with E-state index in [1.807, 2.05) is 32.0 Å². The third-order valence-electron chi connectivity index (χ3n) is 3.58. The van der Waals surface area contributed by atoms with Crippen LogP contribution < -0.4 is 0 Å².